The summed E-state index contributed by atoms with van der Waals surface area (Å²) < 4.78 is 0. The maximum atomic E-state index is 4.08. The Morgan fingerprint density at radius 3 is 3.00 bits per heavy atom. The molecule has 2 heterocycles. The van der Waals surface area contributed by atoms with Crippen molar-refractivity contribution >= 4 is 22.7 Å². The van der Waals surface area contributed by atoms with Gasteiger partial charge in [-0.15, -0.1) is 11.3 Å². The zero-order chi connectivity index (χ0) is 9.10. The Morgan fingerprint density at radius 2 is 2.46 bits per heavy atom. The Kier molecular flexibility index (Phi) is 2.73. The van der Waals surface area contributed by atoms with Gasteiger partial charge in [0, 0.05) is 11.1 Å². The van der Waals surface area contributed by atoms with E-state index in [9.17, 15) is 0 Å². The Balaban J connectivity index is 2.29. The van der Waals surface area contributed by atoms with Crippen molar-refractivity contribution in [1.82, 2.24) is 10.3 Å². The highest BCUT2D eigenvalue weighted by Crippen LogP contribution is 2.25. The van der Waals surface area contributed by atoms with E-state index in [1.54, 1.807) is 22.7 Å². The van der Waals surface area contributed by atoms with Crippen LogP contribution in [-0.4, -0.2) is 12.0 Å². The van der Waals surface area contributed by atoms with E-state index in [1.165, 1.54) is 10.4 Å². The molecule has 0 aliphatic rings. The Morgan fingerprint density at radius 1 is 1.54 bits per heavy atom. The normalized spacial score (nSPS) is 13.0. The molecule has 2 nitrogen and oxygen atoms in total. The minimum Gasteiger partial charge on any atom is -0.309 e. The van der Waals surface area contributed by atoms with Gasteiger partial charge in [0.2, 0.25) is 0 Å². The lowest BCUT2D eigenvalue weighted by Gasteiger charge is -2.11. The lowest BCUT2D eigenvalue weighted by atomic mass is 10.1. The fourth-order valence-electron chi connectivity index (χ4n) is 1.28. The average Bonchev–Trinajstić information content (AvgIpc) is 2.76. The molecule has 0 amide bonds. The van der Waals surface area contributed by atoms with Crippen molar-refractivity contribution in [3.63, 3.8) is 0 Å². The number of thiophene rings is 1. The second kappa shape index (κ2) is 4.00. The van der Waals surface area contributed by atoms with E-state index < -0.39 is 0 Å². The van der Waals surface area contributed by atoms with Crippen LogP contribution < -0.4 is 5.32 Å². The summed E-state index contributed by atoms with van der Waals surface area (Å²) in [4.78, 5) is 5.35. The largest absolute Gasteiger partial charge is 0.309 e. The van der Waals surface area contributed by atoms with Crippen molar-refractivity contribution in [2.75, 3.05) is 7.05 Å². The molecule has 0 fully saturated rings. The van der Waals surface area contributed by atoms with Gasteiger partial charge in [-0.3, -0.25) is 4.98 Å². The molecule has 1 atom stereocenters. The van der Waals surface area contributed by atoms with E-state index >= 15 is 0 Å². The van der Waals surface area contributed by atoms with Gasteiger partial charge < -0.3 is 5.32 Å². The van der Waals surface area contributed by atoms with Crippen LogP contribution in [0.3, 0.4) is 0 Å². The summed E-state index contributed by atoms with van der Waals surface area (Å²) in [5, 5.41) is 7.55. The number of aromatic nitrogens is 1. The molecule has 2 rings (SSSR count). The van der Waals surface area contributed by atoms with Crippen molar-refractivity contribution < 1.29 is 0 Å². The SMILES string of the molecule is CNC(c1ccsc1)c1cncs1. The zero-order valence-corrected chi connectivity index (χ0v) is 8.86. The second-order valence-corrected chi connectivity index (χ2v) is 4.38. The molecule has 4 heteroatoms. The third kappa shape index (κ3) is 1.80. The summed E-state index contributed by atoms with van der Waals surface area (Å²) in [6, 6.07) is 2.45. The van der Waals surface area contributed by atoms with E-state index in [2.05, 4.69) is 27.1 Å². The number of hydrogen-bond donors (Lipinski definition) is 1. The average molecular weight is 210 g/mol. The zero-order valence-electron chi connectivity index (χ0n) is 7.23. The molecule has 1 unspecified atom stereocenters. The van der Waals surface area contributed by atoms with Crippen LogP contribution in [0.4, 0.5) is 0 Å². The number of hydrogen-bond acceptors (Lipinski definition) is 4. The lowest BCUT2D eigenvalue weighted by Crippen LogP contribution is -2.15. The molecular formula is C9H10N2S2. The molecule has 1 N–H and O–H groups in total. The number of rotatable bonds is 3. The molecule has 0 aliphatic carbocycles. The molecule has 0 aromatic carbocycles. The van der Waals surface area contributed by atoms with Gasteiger partial charge in [-0.25, -0.2) is 0 Å². The monoisotopic (exact) mass is 210 g/mol. The van der Waals surface area contributed by atoms with Crippen LogP contribution in [0.1, 0.15) is 16.5 Å². The van der Waals surface area contributed by atoms with Gasteiger partial charge in [-0.1, -0.05) is 0 Å². The fraction of sp³-hybridized carbons (Fsp3) is 0.222. The van der Waals surface area contributed by atoms with Gasteiger partial charge in [0.1, 0.15) is 0 Å². The lowest BCUT2D eigenvalue weighted by molar-refractivity contribution is 0.705. The van der Waals surface area contributed by atoms with Crippen LogP contribution >= 0.6 is 22.7 Å². The second-order valence-electron chi connectivity index (χ2n) is 2.68. The third-order valence-electron chi connectivity index (χ3n) is 1.90. The molecule has 13 heavy (non-hydrogen) atoms. The van der Waals surface area contributed by atoms with Crippen LogP contribution in [0.25, 0.3) is 0 Å². The number of thiazole rings is 1. The molecule has 0 spiro atoms. The Bertz CT molecular complexity index is 305. The van der Waals surface area contributed by atoms with E-state index in [1.807, 2.05) is 18.8 Å². The number of nitrogens with one attached hydrogen (secondary N) is 1. The molecule has 68 valence electrons. The first kappa shape index (κ1) is 8.87. The van der Waals surface area contributed by atoms with Gasteiger partial charge in [0.05, 0.1) is 11.6 Å². The fourth-order valence-corrected chi connectivity index (χ4v) is 2.72. The standard InChI is InChI=1S/C9H10N2S2/c1-10-9(7-2-3-12-5-7)8-4-11-6-13-8/h2-6,9-10H,1H3. The highest BCUT2D eigenvalue weighted by atomic mass is 32.1. The Hall–Kier alpha value is -0.710. The summed E-state index contributed by atoms with van der Waals surface area (Å²) in [6.07, 6.45) is 1.92. The third-order valence-corrected chi connectivity index (χ3v) is 3.44. The van der Waals surface area contributed by atoms with E-state index in [-0.39, 0.29) is 0 Å². The van der Waals surface area contributed by atoms with Gasteiger partial charge >= 0.3 is 0 Å². The van der Waals surface area contributed by atoms with Gasteiger partial charge in [0.15, 0.2) is 0 Å². The van der Waals surface area contributed by atoms with E-state index in [0.717, 1.165) is 0 Å². The van der Waals surface area contributed by atoms with Crippen LogP contribution in [0.2, 0.25) is 0 Å². The molecule has 0 bridgehead atoms. The first-order valence-corrected chi connectivity index (χ1v) is 5.82. The Labute approximate surface area is 85.3 Å². The molecule has 2 aromatic heterocycles. The van der Waals surface area contributed by atoms with Gasteiger partial charge in [-0.05, 0) is 29.4 Å². The molecule has 0 saturated heterocycles. The summed E-state index contributed by atoms with van der Waals surface area (Å²) in [5.74, 6) is 0. The summed E-state index contributed by atoms with van der Waals surface area (Å²) >= 11 is 3.41. The van der Waals surface area contributed by atoms with Crippen LogP contribution in [0.15, 0.2) is 28.5 Å². The maximum absolute atomic E-state index is 4.08. The first-order chi connectivity index (χ1) is 6.42. The number of nitrogens with zero attached hydrogens (tertiary/aromatic N) is 1. The molecular weight excluding hydrogens is 200 g/mol. The smallest absolute Gasteiger partial charge is 0.0794 e. The van der Waals surface area contributed by atoms with Crippen molar-refractivity contribution in [1.29, 1.82) is 0 Å². The quantitative estimate of drug-likeness (QED) is 0.842. The molecule has 0 saturated carbocycles. The molecule has 0 aliphatic heterocycles. The highest BCUT2D eigenvalue weighted by molar-refractivity contribution is 7.09. The van der Waals surface area contributed by atoms with Gasteiger partial charge in [-0.2, -0.15) is 11.3 Å². The highest BCUT2D eigenvalue weighted by Gasteiger charge is 2.12. The summed E-state index contributed by atoms with van der Waals surface area (Å²) in [7, 11) is 1.97. The van der Waals surface area contributed by atoms with Crippen molar-refractivity contribution in [2.45, 2.75) is 6.04 Å². The summed E-state index contributed by atoms with van der Waals surface area (Å²) in [6.45, 7) is 0. The molecule has 2 aromatic rings. The predicted octanol–water partition coefficient (Wildman–Crippen LogP) is 2.51. The van der Waals surface area contributed by atoms with E-state index in [4.69, 9.17) is 0 Å². The topological polar surface area (TPSA) is 24.9 Å². The minimum atomic E-state index is 0.304. The maximum Gasteiger partial charge on any atom is 0.0794 e. The van der Waals surface area contributed by atoms with Crippen LogP contribution in [0.5, 0.6) is 0 Å². The van der Waals surface area contributed by atoms with Crippen LogP contribution in [-0.2, 0) is 0 Å². The van der Waals surface area contributed by atoms with Crippen molar-refractivity contribution in [2.24, 2.45) is 0 Å². The van der Waals surface area contributed by atoms with E-state index in [0.29, 0.717) is 6.04 Å². The van der Waals surface area contributed by atoms with Crippen LogP contribution in [0, 0.1) is 0 Å². The first-order valence-electron chi connectivity index (χ1n) is 3.99. The predicted molar refractivity (Wildman–Crippen MR) is 57.3 cm³/mol. The minimum absolute atomic E-state index is 0.304. The summed E-state index contributed by atoms with van der Waals surface area (Å²) in [5.41, 5.74) is 3.18. The van der Waals surface area contributed by atoms with Crippen molar-refractivity contribution in [3.05, 3.63) is 39.0 Å². The van der Waals surface area contributed by atoms with Crippen molar-refractivity contribution in [3.8, 4) is 0 Å². The van der Waals surface area contributed by atoms with Gasteiger partial charge in [0.25, 0.3) is 0 Å². The molecule has 0 radical (unpaired) electrons.